The van der Waals surface area contributed by atoms with Gasteiger partial charge in [-0.3, -0.25) is 4.90 Å². The summed E-state index contributed by atoms with van der Waals surface area (Å²) in [4.78, 5) is 16.9. The van der Waals surface area contributed by atoms with Crippen molar-refractivity contribution in [2.45, 2.75) is 32.9 Å². The Labute approximate surface area is 160 Å². The molecule has 0 radical (unpaired) electrons. The zero-order valence-corrected chi connectivity index (χ0v) is 16.3. The van der Waals surface area contributed by atoms with Crippen molar-refractivity contribution in [3.8, 4) is 5.75 Å². The van der Waals surface area contributed by atoms with Gasteiger partial charge in [-0.15, -0.1) is 0 Å². The van der Waals surface area contributed by atoms with Gasteiger partial charge in [-0.25, -0.2) is 4.79 Å². The number of carbonyl (C=O) groups is 1. The Morgan fingerprint density at radius 1 is 1.26 bits per heavy atom. The number of urea groups is 1. The minimum absolute atomic E-state index is 0.000425. The number of ether oxygens (including phenoxy) is 1. The lowest BCUT2D eigenvalue weighted by molar-refractivity contribution is 0.131. The number of aromatic nitrogens is 1. The maximum absolute atomic E-state index is 12.7. The Hall–Kier alpha value is -2.54. The Kier molecular flexibility index (Phi) is 6.34. The van der Waals surface area contributed by atoms with Gasteiger partial charge in [0.05, 0.1) is 18.8 Å². The first-order chi connectivity index (χ1) is 13.1. The molecule has 146 valence electrons. The highest BCUT2D eigenvalue weighted by Gasteiger charge is 2.23. The molecule has 0 saturated carbocycles. The van der Waals surface area contributed by atoms with Crippen LogP contribution in [0.15, 0.2) is 34.9 Å². The molecule has 1 fully saturated rings. The van der Waals surface area contributed by atoms with E-state index in [2.05, 4.69) is 22.3 Å². The SMILES string of the molecule is CCC(NC(=O)N1CCN(Cc2cc(C)on2)CC1)c1ccc(OC)cc1. The highest BCUT2D eigenvalue weighted by atomic mass is 16.5. The zero-order chi connectivity index (χ0) is 19.2. The Morgan fingerprint density at radius 2 is 1.96 bits per heavy atom. The van der Waals surface area contributed by atoms with Crippen molar-refractivity contribution in [3.05, 3.63) is 47.3 Å². The van der Waals surface area contributed by atoms with Crippen LogP contribution in [-0.2, 0) is 6.54 Å². The normalized spacial score (nSPS) is 16.2. The molecule has 1 unspecified atom stereocenters. The molecule has 3 rings (SSSR count). The van der Waals surface area contributed by atoms with Crippen molar-refractivity contribution < 1.29 is 14.1 Å². The summed E-state index contributed by atoms with van der Waals surface area (Å²) in [5.41, 5.74) is 2.03. The predicted octanol–water partition coefficient (Wildman–Crippen LogP) is 2.97. The van der Waals surface area contributed by atoms with Crippen LogP contribution in [0.3, 0.4) is 0 Å². The molecule has 1 aliphatic heterocycles. The molecule has 1 atom stereocenters. The van der Waals surface area contributed by atoms with Crippen molar-refractivity contribution in [3.63, 3.8) is 0 Å². The van der Waals surface area contributed by atoms with Crippen LogP contribution in [0.4, 0.5) is 4.79 Å². The van der Waals surface area contributed by atoms with Crippen molar-refractivity contribution in [2.24, 2.45) is 0 Å². The van der Waals surface area contributed by atoms with Crippen LogP contribution in [-0.4, -0.2) is 54.3 Å². The fourth-order valence-electron chi connectivity index (χ4n) is 3.33. The molecular weight excluding hydrogens is 344 g/mol. The van der Waals surface area contributed by atoms with E-state index in [0.717, 1.165) is 48.8 Å². The van der Waals surface area contributed by atoms with Gasteiger partial charge in [0.1, 0.15) is 11.5 Å². The van der Waals surface area contributed by atoms with E-state index in [9.17, 15) is 4.79 Å². The molecule has 7 nitrogen and oxygen atoms in total. The van der Waals surface area contributed by atoms with Crippen LogP contribution in [0.2, 0.25) is 0 Å². The van der Waals surface area contributed by atoms with Crippen LogP contribution in [0.1, 0.15) is 36.4 Å². The molecule has 1 saturated heterocycles. The van der Waals surface area contributed by atoms with E-state index in [1.54, 1.807) is 7.11 Å². The topological polar surface area (TPSA) is 70.8 Å². The van der Waals surface area contributed by atoms with E-state index in [-0.39, 0.29) is 12.1 Å². The van der Waals surface area contributed by atoms with Gasteiger partial charge in [0, 0.05) is 38.8 Å². The Bertz CT molecular complexity index is 736. The standard InChI is InChI=1S/C20H28N4O3/c1-4-19(16-5-7-18(26-3)8-6-16)21-20(25)24-11-9-23(10-12-24)14-17-13-15(2)27-22-17/h5-8,13,19H,4,9-12,14H2,1-3H3,(H,21,25). The first-order valence-electron chi connectivity index (χ1n) is 9.43. The second kappa shape index (κ2) is 8.90. The summed E-state index contributed by atoms with van der Waals surface area (Å²) in [6.45, 7) is 7.82. The third kappa shape index (κ3) is 5.01. The van der Waals surface area contributed by atoms with E-state index in [0.29, 0.717) is 13.1 Å². The molecule has 2 aromatic rings. The quantitative estimate of drug-likeness (QED) is 0.844. The second-order valence-electron chi connectivity index (χ2n) is 6.88. The third-order valence-corrected chi connectivity index (χ3v) is 4.95. The van der Waals surface area contributed by atoms with Crippen LogP contribution in [0.5, 0.6) is 5.75 Å². The van der Waals surface area contributed by atoms with Gasteiger partial charge < -0.3 is 19.5 Å². The fraction of sp³-hybridized carbons (Fsp3) is 0.500. The summed E-state index contributed by atoms with van der Waals surface area (Å²) < 4.78 is 10.3. The molecule has 1 aromatic carbocycles. The fourth-order valence-corrected chi connectivity index (χ4v) is 3.33. The average Bonchev–Trinajstić information content (AvgIpc) is 3.11. The van der Waals surface area contributed by atoms with E-state index < -0.39 is 0 Å². The molecule has 1 aromatic heterocycles. The lowest BCUT2D eigenvalue weighted by Crippen LogP contribution is -2.51. The summed E-state index contributed by atoms with van der Waals surface area (Å²) in [7, 11) is 1.65. The Morgan fingerprint density at radius 3 is 2.52 bits per heavy atom. The summed E-state index contributed by atoms with van der Waals surface area (Å²) in [6, 6.07) is 9.81. The minimum atomic E-state index is -0.00500. The smallest absolute Gasteiger partial charge is 0.317 e. The number of hydrogen-bond acceptors (Lipinski definition) is 5. The minimum Gasteiger partial charge on any atom is -0.497 e. The van der Waals surface area contributed by atoms with Gasteiger partial charge >= 0.3 is 6.03 Å². The van der Waals surface area contributed by atoms with E-state index in [1.165, 1.54) is 0 Å². The van der Waals surface area contributed by atoms with E-state index in [1.807, 2.05) is 42.2 Å². The lowest BCUT2D eigenvalue weighted by Gasteiger charge is -2.35. The number of benzene rings is 1. The number of hydrogen-bond donors (Lipinski definition) is 1. The Balaban J connectivity index is 1.50. The lowest BCUT2D eigenvalue weighted by atomic mass is 10.0. The molecule has 0 aliphatic carbocycles. The molecule has 2 amide bonds. The van der Waals surface area contributed by atoms with E-state index in [4.69, 9.17) is 9.26 Å². The number of piperazine rings is 1. The van der Waals surface area contributed by atoms with Gasteiger partial charge in [-0.2, -0.15) is 0 Å². The maximum atomic E-state index is 12.7. The van der Waals surface area contributed by atoms with Crippen molar-refractivity contribution in [1.29, 1.82) is 0 Å². The number of methoxy groups -OCH3 is 1. The number of aryl methyl sites for hydroxylation is 1. The zero-order valence-electron chi connectivity index (χ0n) is 16.3. The summed E-state index contributed by atoms with van der Waals surface area (Å²) in [6.07, 6.45) is 0.837. The predicted molar refractivity (Wildman–Crippen MR) is 103 cm³/mol. The molecule has 0 spiro atoms. The molecule has 27 heavy (non-hydrogen) atoms. The molecule has 1 aliphatic rings. The summed E-state index contributed by atoms with van der Waals surface area (Å²) >= 11 is 0. The van der Waals surface area contributed by atoms with Crippen molar-refractivity contribution in [2.75, 3.05) is 33.3 Å². The number of rotatable bonds is 6. The van der Waals surface area contributed by atoms with Gasteiger partial charge in [-0.1, -0.05) is 24.2 Å². The van der Waals surface area contributed by atoms with Crippen molar-refractivity contribution >= 4 is 6.03 Å². The van der Waals surface area contributed by atoms with Crippen LogP contribution >= 0.6 is 0 Å². The molecule has 7 heteroatoms. The average molecular weight is 372 g/mol. The summed E-state index contributed by atoms with van der Waals surface area (Å²) in [5, 5.41) is 7.20. The third-order valence-electron chi connectivity index (χ3n) is 4.95. The second-order valence-corrected chi connectivity index (χ2v) is 6.88. The number of carbonyl (C=O) groups excluding carboxylic acids is 1. The summed E-state index contributed by atoms with van der Waals surface area (Å²) in [5.74, 6) is 1.64. The van der Waals surface area contributed by atoms with Gasteiger partial charge in [0.15, 0.2) is 0 Å². The monoisotopic (exact) mass is 372 g/mol. The highest BCUT2D eigenvalue weighted by molar-refractivity contribution is 5.74. The van der Waals surface area contributed by atoms with Crippen LogP contribution in [0.25, 0.3) is 0 Å². The number of nitrogens with one attached hydrogen (secondary N) is 1. The van der Waals surface area contributed by atoms with Crippen LogP contribution in [0, 0.1) is 6.92 Å². The first-order valence-corrected chi connectivity index (χ1v) is 9.43. The molecule has 0 bridgehead atoms. The number of nitrogens with zero attached hydrogens (tertiary/aromatic N) is 3. The van der Waals surface area contributed by atoms with Crippen molar-refractivity contribution in [1.82, 2.24) is 20.3 Å². The number of amides is 2. The maximum Gasteiger partial charge on any atom is 0.317 e. The van der Waals surface area contributed by atoms with Gasteiger partial charge in [-0.05, 0) is 31.0 Å². The van der Waals surface area contributed by atoms with Crippen LogP contribution < -0.4 is 10.1 Å². The largest absolute Gasteiger partial charge is 0.497 e. The first kappa shape index (κ1) is 19.2. The highest BCUT2D eigenvalue weighted by Crippen LogP contribution is 2.20. The van der Waals surface area contributed by atoms with E-state index >= 15 is 0 Å². The molecule has 2 heterocycles. The van der Waals surface area contributed by atoms with Gasteiger partial charge in [0.2, 0.25) is 0 Å². The molecule has 1 N–H and O–H groups in total. The van der Waals surface area contributed by atoms with Gasteiger partial charge in [0.25, 0.3) is 0 Å². The molecular formula is C20H28N4O3.